The number of aryl methyl sites for hydroxylation is 2. The molecule has 4 aromatic rings. The van der Waals surface area contributed by atoms with Crippen molar-refractivity contribution < 1.29 is 9.18 Å². The van der Waals surface area contributed by atoms with Crippen molar-refractivity contribution in [2.24, 2.45) is 0 Å². The van der Waals surface area contributed by atoms with Crippen molar-refractivity contribution in [2.45, 2.75) is 19.8 Å². The van der Waals surface area contributed by atoms with E-state index in [4.69, 9.17) is 0 Å². The van der Waals surface area contributed by atoms with Crippen molar-refractivity contribution in [3.63, 3.8) is 0 Å². The molecule has 5 nitrogen and oxygen atoms in total. The maximum absolute atomic E-state index is 13.2. The van der Waals surface area contributed by atoms with Gasteiger partial charge in [0.15, 0.2) is 0 Å². The van der Waals surface area contributed by atoms with E-state index < -0.39 is 0 Å². The van der Waals surface area contributed by atoms with Crippen molar-refractivity contribution in [1.82, 2.24) is 14.8 Å². The Hall–Kier alpha value is -3.41. The highest BCUT2D eigenvalue weighted by Gasteiger charge is 2.12. The van der Waals surface area contributed by atoms with Crippen LogP contribution < -0.4 is 5.32 Å². The van der Waals surface area contributed by atoms with Gasteiger partial charge in [-0.05, 0) is 49.2 Å². The Morgan fingerprint density at radius 2 is 1.96 bits per heavy atom. The number of H-pyrrole nitrogens is 1. The Bertz CT molecular complexity index is 1100. The van der Waals surface area contributed by atoms with E-state index in [9.17, 15) is 9.18 Å². The van der Waals surface area contributed by atoms with Crippen LogP contribution in [0.25, 0.3) is 16.6 Å². The summed E-state index contributed by atoms with van der Waals surface area (Å²) in [5.74, 6) is 0.165. The van der Waals surface area contributed by atoms with E-state index in [2.05, 4.69) is 15.4 Å². The summed E-state index contributed by atoms with van der Waals surface area (Å²) >= 11 is 0. The van der Waals surface area contributed by atoms with Crippen LogP contribution in [0.4, 0.5) is 10.2 Å². The fraction of sp³-hybridized carbons (Fsp3) is 0.143. The Morgan fingerprint density at radius 1 is 1.19 bits per heavy atom. The molecule has 6 heteroatoms. The molecule has 2 aromatic carbocycles. The SMILES string of the molecule is Cc1cc(NC(=O)CCc2c[nH]c3ccccc23)n(-c2ccc(F)cc2)n1. The summed E-state index contributed by atoms with van der Waals surface area (Å²) in [7, 11) is 0. The summed E-state index contributed by atoms with van der Waals surface area (Å²) in [4.78, 5) is 15.7. The first-order chi connectivity index (χ1) is 13.1. The lowest BCUT2D eigenvalue weighted by Crippen LogP contribution is -2.15. The number of benzene rings is 2. The van der Waals surface area contributed by atoms with Gasteiger partial charge in [0.1, 0.15) is 11.6 Å². The Morgan fingerprint density at radius 3 is 2.78 bits per heavy atom. The first-order valence-corrected chi connectivity index (χ1v) is 8.77. The number of nitrogens with zero attached hydrogens (tertiary/aromatic N) is 2. The number of hydrogen-bond acceptors (Lipinski definition) is 2. The molecule has 0 aliphatic carbocycles. The first-order valence-electron chi connectivity index (χ1n) is 8.77. The zero-order valence-electron chi connectivity index (χ0n) is 14.9. The fourth-order valence-electron chi connectivity index (χ4n) is 3.16. The lowest BCUT2D eigenvalue weighted by Gasteiger charge is -2.09. The number of carbonyl (C=O) groups is 1. The van der Waals surface area contributed by atoms with Crippen LogP contribution in [-0.4, -0.2) is 20.7 Å². The minimum absolute atomic E-state index is 0.0939. The average molecular weight is 362 g/mol. The largest absolute Gasteiger partial charge is 0.361 e. The average Bonchev–Trinajstić information content (AvgIpc) is 3.24. The van der Waals surface area contributed by atoms with Gasteiger partial charge in [0.25, 0.3) is 0 Å². The number of halogens is 1. The minimum atomic E-state index is -0.313. The van der Waals surface area contributed by atoms with Gasteiger partial charge in [-0.25, -0.2) is 9.07 Å². The Kier molecular flexibility index (Phi) is 4.46. The summed E-state index contributed by atoms with van der Waals surface area (Å²) in [5.41, 5.74) is 3.64. The number of amides is 1. The van der Waals surface area contributed by atoms with Crippen LogP contribution in [0.1, 0.15) is 17.7 Å². The number of para-hydroxylation sites is 1. The molecule has 0 atom stereocenters. The molecule has 2 heterocycles. The van der Waals surface area contributed by atoms with Gasteiger partial charge in [0.05, 0.1) is 11.4 Å². The second kappa shape index (κ2) is 7.07. The minimum Gasteiger partial charge on any atom is -0.361 e. The van der Waals surface area contributed by atoms with E-state index in [0.29, 0.717) is 24.3 Å². The normalized spacial score (nSPS) is 11.0. The second-order valence-corrected chi connectivity index (χ2v) is 6.47. The molecule has 0 unspecified atom stereocenters. The molecule has 4 rings (SSSR count). The zero-order chi connectivity index (χ0) is 18.8. The van der Waals surface area contributed by atoms with Gasteiger partial charge >= 0.3 is 0 Å². The summed E-state index contributed by atoms with van der Waals surface area (Å²) in [5, 5.41) is 8.44. The Balaban J connectivity index is 1.48. The highest BCUT2D eigenvalue weighted by molar-refractivity contribution is 5.91. The number of rotatable bonds is 5. The van der Waals surface area contributed by atoms with Gasteiger partial charge in [0, 0.05) is 29.6 Å². The molecule has 0 bridgehead atoms. The quantitative estimate of drug-likeness (QED) is 0.554. The van der Waals surface area contributed by atoms with Gasteiger partial charge in [-0.2, -0.15) is 5.10 Å². The lowest BCUT2D eigenvalue weighted by molar-refractivity contribution is -0.116. The van der Waals surface area contributed by atoms with Crippen LogP contribution in [0.5, 0.6) is 0 Å². The molecular formula is C21H19FN4O. The highest BCUT2D eigenvalue weighted by Crippen LogP contribution is 2.20. The topological polar surface area (TPSA) is 62.7 Å². The molecule has 2 aromatic heterocycles. The van der Waals surface area contributed by atoms with Gasteiger partial charge in [0.2, 0.25) is 5.91 Å². The smallest absolute Gasteiger partial charge is 0.225 e. The maximum Gasteiger partial charge on any atom is 0.225 e. The number of fused-ring (bicyclic) bond motifs is 1. The van der Waals surface area contributed by atoms with Gasteiger partial charge in [-0.1, -0.05) is 18.2 Å². The summed E-state index contributed by atoms with van der Waals surface area (Å²) in [6.07, 6.45) is 2.94. The van der Waals surface area contributed by atoms with Crippen LogP contribution in [-0.2, 0) is 11.2 Å². The van der Waals surface area contributed by atoms with E-state index in [1.807, 2.05) is 37.4 Å². The van der Waals surface area contributed by atoms with E-state index in [1.54, 1.807) is 22.9 Å². The maximum atomic E-state index is 13.2. The standard InChI is InChI=1S/C21H19FN4O/c1-14-12-20(26(25-14)17-9-7-16(22)8-10-17)24-21(27)11-6-15-13-23-19-5-3-2-4-18(15)19/h2-5,7-10,12-13,23H,6,11H2,1H3,(H,24,27). The van der Waals surface area contributed by atoms with Crippen molar-refractivity contribution in [2.75, 3.05) is 5.32 Å². The summed E-state index contributed by atoms with van der Waals surface area (Å²) < 4.78 is 14.8. The van der Waals surface area contributed by atoms with E-state index in [1.165, 1.54) is 12.1 Å². The molecule has 0 saturated heterocycles. The number of carbonyl (C=O) groups excluding carboxylic acids is 1. The third-order valence-corrected chi connectivity index (χ3v) is 4.47. The number of nitrogens with one attached hydrogen (secondary N) is 2. The number of anilines is 1. The number of aromatic amines is 1. The molecule has 27 heavy (non-hydrogen) atoms. The molecule has 0 aliphatic rings. The van der Waals surface area contributed by atoms with Crippen molar-refractivity contribution in [1.29, 1.82) is 0 Å². The van der Waals surface area contributed by atoms with Crippen LogP contribution in [0.15, 0.2) is 60.8 Å². The molecule has 0 saturated carbocycles. The lowest BCUT2D eigenvalue weighted by atomic mass is 10.1. The number of aromatic nitrogens is 3. The predicted octanol–water partition coefficient (Wildman–Crippen LogP) is 4.37. The van der Waals surface area contributed by atoms with E-state index >= 15 is 0 Å². The summed E-state index contributed by atoms with van der Waals surface area (Å²) in [6.45, 7) is 1.85. The molecule has 2 N–H and O–H groups in total. The third-order valence-electron chi connectivity index (χ3n) is 4.47. The monoisotopic (exact) mass is 362 g/mol. The van der Waals surface area contributed by atoms with E-state index in [0.717, 1.165) is 22.2 Å². The zero-order valence-corrected chi connectivity index (χ0v) is 14.9. The van der Waals surface area contributed by atoms with E-state index in [-0.39, 0.29) is 11.7 Å². The molecule has 0 spiro atoms. The summed E-state index contributed by atoms with van der Waals surface area (Å²) in [6, 6.07) is 15.8. The van der Waals surface area contributed by atoms with Crippen LogP contribution in [0.2, 0.25) is 0 Å². The van der Waals surface area contributed by atoms with Crippen molar-refractivity contribution >= 4 is 22.6 Å². The molecule has 1 amide bonds. The Labute approximate surface area is 155 Å². The molecule has 0 radical (unpaired) electrons. The van der Waals surface area contributed by atoms with Gasteiger partial charge in [-0.15, -0.1) is 0 Å². The highest BCUT2D eigenvalue weighted by atomic mass is 19.1. The fourth-order valence-corrected chi connectivity index (χ4v) is 3.16. The third kappa shape index (κ3) is 3.60. The van der Waals surface area contributed by atoms with Crippen molar-refractivity contribution in [3.8, 4) is 5.69 Å². The molecule has 136 valence electrons. The second-order valence-electron chi connectivity index (χ2n) is 6.47. The first kappa shape index (κ1) is 17.0. The van der Waals surface area contributed by atoms with Gasteiger partial charge < -0.3 is 10.3 Å². The van der Waals surface area contributed by atoms with Gasteiger partial charge in [-0.3, -0.25) is 4.79 Å². The predicted molar refractivity (Wildman–Crippen MR) is 104 cm³/mol. The molecular weight excluding hydrogens is 343 g/mol. The van der Waals surface area contributed by atoms with Crippen LogP contribution in [0, 0.1) is 12.7 Å². The molecule has 0 fully saturated rings. The van der Waals surface area contributed by atoms with Crippen LogP contribution >= 0.6 is 0 Å². The molecule has 0 aliphatic heterocycles. The number of hydrogen-bond donors (Lipinski definition) is 2. The van der Waals surface area contributed by atoms with Crippen LogP contribution in [0.3, 0.4) is 0 Å². The van der Waals surface area contributed by atoms with Crippen molar-refractivity contribution in [3.05, 3.63) is 77.9 Å².